The van der Waals surface area contributed by atoms with Crippen molar-refractivity contribution in [1.29, 1.82) is 0 Å². The van der Waals surface area contributed by atoms with Gasteiger partial charge < -0.3 is 23.9 Å². The summed E-state index contributed by atoms with van der Waals surface area (Å²) in [5.74, 6) is -0.568. The second kappa shape index (κ2) is 11.4. The van der Waals surface area contributed by atoms with E-state index >= 15 is 0 Å². The van der Waals surface area contributed by atoms with Crippen molar-refractivity contribution in [2.75, 3.05) is 6.61 Å². The highest BCUT2D eigenvalue weighted by molar-refractivity contribution is 6.74. The molecule has 0 saturated carbocycles. The number of carbonyl (C=O) groups is 1. The Labute approximate surface area is 218 Å². The van der Waals surface area contributed by atoms with Crippen molar-refractivity contribution in [3.05, 3.63) is 77.4 Å². The molecule has 0 amide bonds. The molecule has 37 heavy (non-hydrogen) atoms. The summed E-state index contributed by atoms with van der Waals surface area (Å²) in [6.45, 7) is 11.5. The second-order valence-corrected chi connectivity index (χ2v) is 15.7. The van der Waals surface area contributed by atoms with Gasteiger partial charge in [-0.2, -0.15) is 0 Å². The predicted molar refractivity (Wildman–Crippen MR) is 141 cm³/mol. The van der Waals surface area contributed by atoms with E-state index in [4.69, 9.17) is 13.7 Å². The molecule has 0 aliphatic rings. The van der Waals surface area contributed by atoms with Crippen molar-refractivity contribution in [3.8, 4) is 11.1 Å². The van der Waals surface area contributed by atoms with Crippen LogP contribution >= 0.6 is 0 Å². The SMILES string of the molecule is CC(C)(C)[Si](C)(C)OCc1cc([C@H](O)[C@](C)(OCc2ccc(-c3ccc(F)cc3)cc2)C(=O)CO)no1. The molecule has 2 aromatic carbocycles. The Bertz CT molecular complexity index is 1190. The van der Waals surface area contributed by atoms with Gasteiger partial charge in [0.15, 0.2) is 25.5 Å². The molecule has 7 nitrogen and oxygen atoms in total. The average molecular weight is 530 g/mol. The fraction of sp³-hybridized carbons (Fsp3) is 0.429. The van der Waals surface area contributed by atoms with Gasteiger partial charge in [-0.25, -0.2) is 4.39 Å². The Hall–Kier alpha value is -2.69. The summed E-state index contributed by atoms with van der Waals surface area (Å²) in [5.41, 5.74) is 0.860. The van der Waals surface area contributed by atoms with Crippen molar-refractivity contribution >= 4 is 14.1 Å². The zero-order chi connectivity index (χ0) is 27.4. The molecule has 200 valence electrons. The molecule has 0 radical (unpaired) electrons. The van der Waals surface area contributed by atoms with E-state index in [0.29, 0.717) is 5.76 Å². The molecule has 0 bridgehead atoms. The fourth-order valence-electron chi connectivity index (χ4n) is 3.41. The van der Waals surface area contributed by atoms with Crippen molar-refractivity contribution in [3.63, 3.8) is 0 Å². The van der Waals surface area contributed by atoms with Gasteiger partial charge in [-0.05, 0) is 53.9 Å². The third-order valence-corrected chi connectivity index (χ3v) is 11.6. The number of benzene rings is 2. The highest BCUT2D eigenvalue weighted by Gasteiger charge is 2.44. The average Bonchev–Trinajstić information content (AvgIpc) is 3.34. The Morgan fingerprint density at radius 3 is 2.14 bits per heavy atom. The number of hydrogen-bond donors (Lipinski definition) is 2. The van der Waals surface area contributed by atoms with Gasteiger partial charge >= 0.3 is 0 Å². The minimum atomic E-state index is -2.02. The maximum absolute atomic E-state index is 13.2. The van der Waals surface area contributed by atoms with E-state index in [-0.39, 0.29) is 29.8 Å². The number of ketones is 1. The minimum absolute atomic E-state index is 0.00217. The number of carbonyl (C=O) groups excluding carboxylic acids is 1. The molecule has 3 aromatic rings. The summed E-state index contributed by atoms with van der Waals surface area (Å²) in [7, 11) is -2.02. The van der Waals surface area contributed by atoms with Gasteiger partial charge in [-0.3, -0.25) is 4.79 Å². The van der Waals surface area contributed by atoms with Crippen LogP contribution in [0.3, 0.4) is 0 Å². The number of aromatic nitrogens is 1. The molecule has 0 spiro atoms. The highest BCUT2D eigenvalue weighted by Crippen LogP contribution is 2.37. The molecule has 0 aliphatic carbocycles. The standard InChI is InChI=1S/C28H36FNO6Si/c1-27(2,3)37(5,6)35-18-23-15-24(30-36-23)26(33)28(4,25(32)16-31)34-17-19-7-9-20(10-8-19)21-11-13-22(29)14-12-21/h7-15,26,31,33H,16-18H2,1-6H3/t26-,28+/m0/s1. The summed E-state index contributed by atoms with van der Waals surface area (Å²) in [6, 6.07) is 15.1. The predicted octanol–water partition coefficient (Wildman–Crippen LogP) is 5.57. The van der Waals surface area contributed by atoms with E-state index in [2.05, 4.69) is 39.0 Å². The smallest absolute Gasteiger partial charge is 0.192 e. The van der Waals surface area contributed by atoms with Gasteiger partial charge in [0.2, 0.25) is 0 Å². The van der Waals surface area contributed by atoms with E-state index in [1.54, 1.807) is 18.2 Å². The Morgan fingerprint density at radius 2 is 1.59 bits per heavy atom. The number of aliphatic hydroxyl groups excluding tert-OH is 2. The molecule has 2 atom stereocenters. The zero-order valence-corrected chi connectivity index (χ0v) is 23.2. The van der Waals surface area contributed by atoms with Gasteiger partial charge in [0.25, 0.3) is 0 Å². The van der Waals surface area contributed by atoms with Crippen molar-refractivity contribution in [1.82, 2.24) is 5.16 Å². The maximum Gasteiger partial charge on any atom is 0.192 e. The Kier molecular flexibility index (Phi) is 8.87. The number of rotatable bonds is 11. The van der Waals surface area contributed by atoms with E-state index < -0.39 is 32.4 Å². The molecule has 0 unspecified atom stereocenters. The van der Waals surface area contributed by atoms with Crippen LogP contribution in [0.15, 0.2) is 59.1 Å². The van der Waals surface area contributed by atoms with Crippen LogP contribution in [0, 0.1) is 5.82 Å². The fourth-order valence-corrected chi connectivity index (χ4v) is 4.35. The second-order valence-electron chi connectivity index (χ2n) is 10.9. The normalized spacial score (nSPS) is 14.8. The zero-order valence-electron chi connectivity index (χ0n) is 22.2. The summed E-state index contributed by atoms with van der Waals surface area (Å²) in [5, 5.41) is 24.6. The third kappa shape index (κ3) is 6.80. The van der Waals surface area contributed by atoms with E-state index in [9.17, 15) is 19.4 Å². The van der Waals surface area contributed by atoms with Gasteiger partial charge in [0.05, 0.1) is 13.2 Å². The Morgan fingerprint density at radius 1 is 1.03 bits per heavy atom. The van der Waals surface area contributed by atoms with Gasteiger partial charge in [-0.1, -0.05) is 62.3 Å². The van der Waals surface area contributed by atoms with Crippen LogP contribution in [-0.2, 0) is 27.2 Å². The molecule has 0 saturated heterocycles. The van der Waals surface area contributed by atoms with Crippen LogP contribution in [0.4, 0.5) is 4.39 Å². The molecular weight excluding hydrogens is 493 g/mol. The topological polar surface area (TPSA) is 102 Å². The lowest BCUT2D eigenvalue weighted by atomic mass is 9.91. The minimum Gasteiger partial charge on any atom is -0.409 e. The molecule has 2 N–H and O–H groups in total. The monoisotopic (exact) mass is 529 g/mol. The first-order valence-electron chi connectivity index (χ1n) is 12.2. The number of Topliss-reactive ketones (excluding diaryl/α,β-unsaturated/α-hetero) is 1. The lowest BCUT2D eigenvalue weighted by Gasteiger charge is -2.35. The molecule has 1 aromatic heterocycles. The number of nitrogens with zero attached hydrogens (tertiary/aromatic N) is 1. The first-order valence-corrected chi connectivity index (χ1v) is 15.1. The number of halogens is 1. The quantitative estimate of drug-likeness (QED) is 0.313. The maximum atomic E-state index is 13.2. The van der Waals surface area contributed by atoms with Crippen LogP contribution in [0.5, 0.6) is 0 Å². The molecule has 0 fully saturated rings. The van der Waals surface area contributed by atoms with Crippen molar-refractivity contribution < 1.29 is 33.1 Å². The summed E-state index contributed by atoms with van der Waals surface area (Å²) >= 11 is 0. The van der Waals surface area contributed by atoms with Crippen molar-refractivity contribution in [2.24, 2.45) is 0 Å². The molecule has 9 heteroatoms. The van der Waals surface area contributed by atoms with Crippen molar-refractivity contribution in [2.45, 2.75) is 70.7 Å². The van der Waals surface area contributed by atoms with Crippen LogP contribution in [-0.4, -0.2) is 41.7 Å². The summed E-state index contributed by atoms with van der Waals surface area (Å²) in [4.78, 5) is 12.7. The van der Waals surface area contributed by atoms with E-state index in [1.165, 1.54) is 19.1 Å². The first-order chi connectivity index (χ1) is 17.3. The highest BCUT2D eigenvalue weighted by atomic mass is 28.4. The Balaban J connectivity index is 1.71. The van der Waals surface area contributed by atoms with Gasteiger partial charge in [-0.15, -0.1) is 0 Å². The molecule has 3 rings (SSSR count). The van der Waals surface area contributed by atoms with Crippen LogP contribution in [0.1, 0.15) is 50.8 Å². The van der Waals surface area contributed by atoms with Gasteiger partial charge in [0.1, 0.15) is 24.2 Å². The molecule has 0 aliphatic heterocycles. The first kappa shape index (κ1) is 28.9. The summed E-state index contributed by atoms with van der Waals surface area (Å²) < 4.78 is 30.6. The van der Waals surface area contributed by atoms with Crippen LogP contribution in [0.25, 0.3) is 11.1 Å². The third-order valence-electron chi connectivity index (χ3n) is 7.13. The number of hydrogen-bond acceptors (Lipinski definition) is 7. The van der Waals surface area contributed by atoms with E-state index in [1.807, 2.05) is 24.3 Å². The van der Waals surface area contributed by atoms with Gasteiger partial charge in [0, 0.05) is 6.07 Å². The van der Waals surface area contributed by atoms with Crippen LogP contribution in [0.2, 0.25) is 18.1 Å². The van der Waals surface area contributed by atoms with E-state index in [0.717, 1.165) is 16.7 Å². The van der Waals surface area contributed by atoms with Crippen LogP contribution < -0.4 is 0 Å². The number of aliphatic hydroxyl groups is 2. The number of ether oxygens (including phenoxy) is 1. The largest absolute Gasteiger partial charge is 0.409 e. The summed E-state index contributed by atoms with van der Waals surface area (Å²) in [6.07, 6.45) is -1.48. The molecular formula is C28H36FNO6Si. The molecule has 1 heterocycles. The lowest BCUT2D eigenvalue weighted by molar-refractivity contribution is -0.166. The lowest BCUT2D eigenvalue weighted by Crippen LogP contribution is -2.46.